The highest BCUT2D eigenvalue weighted by Gasteiger charge is 2.27. The van der Waals surface area contributed by atoms with Crippen LogP contribution in [0, 0.1) is 0 Å². The van der Waals surface area contributed by atoms with E-state index in [-0.39, 0.29) is 17.7 Å². The number of hydrogen-bond donors (Lipinski definition) is 1. The molecule has 1 unspecified atom stereocenters. The van der Waals surface area contributed by atoms with Crippen molar-refractivity contribution < 1.29 is 9.59 Å². The van der Waals surface area contributed by atoms with Gasteiger partial charge in [-0.1, -0.05) is 12.1 Å². The molecule has 0 aliphatic carbocycles. The molecular weight excluding hydrogens is 246 g/mol. The molecule has 2 amide bonds. The van der Waals surface area contributed by atoms with Crippen LogP contribution >= 0.6 is 21.7 Å². The van der Waals surface area contributed by atoms with Crippen molar-refractivity contribution in [1.29, 1.82) is 0 Å². The second-order valence-corrected chi connectivity index (χ2v) is 4.74. The third-order valence-electron chi connectivity index (χ3n) is 2.61. The molecule has 0 spiro atoms. The van der Waals surface area contributed by atoms with Gasteiger partial charge in [0.1, 0.15) is 0 Å². The molecule has 1 heterocycles. The van der Waals surface area contributed by atoms with Gasteiger partial charge in [-0.25, -0.2) is 0 Å². The van der Waals surface area contributed by atoms with Crippen molar-refractivity contribution >= 4 is 33.5 Å². The summed E-state index contributed by atoms with van der Waals surface area (Å²) in [7, 11) is 6.75. The molecule has 1 aliphatic heterocycles. The summed E-state index contributed by atoms with van der Waals surface area (Å²) < 4.78 is 0. The fraction of sp³-hybridized carbons (Fsp3) is 0.273. The number of carbonyl (C=O) groups excluding carboxylic acids is 2. The second kappa shape index (κ2) is 4.89. The van der Waals surface area contributed by atoms with Gasteiger partial charge in [-0.2, -0.15) is 0 Å². The SMILES string of the molecule is O=C1CCC(c2ccc(SCl)cc2)C(=O)N1. The van der Waals surface area contributed by atoms with E-state index in [1.807, 2.05) is 24.3 Å². The zero-order valence-corrected chi connectivity index (χ0v) is 9.98. The predicted molar refractivity (Wildman–Crippen MR) is 63.3 cm³/mol. The van der Waals surface area contributed by atoms with Crippen LogP contribution in [0.4, 0.5) is 0 Å². The van der Waals surface area contributed by atoms with E-state index in [4.69, 9.17) is 10.7 Å². The lowest BCUT2D eigenvalue weighted by Crippen LogP contribution is -2.39. The van der Waals surface area contributed by atoms with Crippen molar-refractivity contribution in [3.63, 3.8) is 0 Å². The van der Waals surface area contributed by atoms with E-state index in [1.165, 1.54) is 0 Å². The zero-order chi connectivity index (χ0) is 11.5. The molecule has 0 saturated carbocycles. The smallest absolute Gasteiger partial charge is 0.234 e. The highest BCUT2D eigenvalue weighted by atomic mass is 35.7. The third-order valence-corrected chi connectivity index (χ3v) is 3.60. The lowest BCUT2D eigenvalue weighted by atomic mass is 9.91. The van der Waals surface area contributed by atoms with Crippen LogP contribution in [-0.4, -0.2) is 11.8 Å². The van der Waals surface area contributed by atoms with Gasteiger partial charge in [0.2, 0.25) is 11.8 Å². The number of halogens is 1. The number of piperidine rings is 1. The molecule has 1 saturated heterocycles. The number of carbonyl (C=O) groups is 2. The first-order valence-corrected chi connectivity index (χ1v) is 6.57. The minimum absolute atomic E-state index is 0.186. The molecule has 2 rings (SSSR count). The molecule has 0 radical (unpaired) electrons. The zero-order valence-electron chi connectivity index (χ0n) is 8.40. The second-order valence-electron chi connectivity index (χ2n) is 3.65. The van der Waals surface area contributed by atoms with Crippen LogP contribution < -0.4 is 5.32 Å². The Bertz CT molecular complexity index is 418. The first kappa shape index (κ1) is 11.5. The number of nitrogens with one attached hydrogen (secondary N) is 1. The summed E-state index contributed by atoms with van der Waals surface area (Å²) in [6.07, 6.45) is 0.987. The van der Waals surface area contributed by atoms with Gasteiger partial charge in [0, 0.05) is 11.3 Å². The standard InChI is InChI=1S/C11H10ClNO2S/c12-16-8-3-1-7(2-4-8)9-5-6-10(14)13-11(9)15/h1-4,9H,5-6H2,(H,13,14,15). The summed E-state index contributed by atoms with van der Waals surface area (Å²) >= 11 is 0. The number of amides is 2. The van der Waals surface area contributed by atoms with E-state index in [2.05, 4.69) is 5.32 Å². The summed E-state index contributed by atoms with van der Waals surface area (Å²) in [5.41, 5.74) is 0.930. The van der Waals surface area contributed by atoms with Gasteiger partial charge in [-0.15, -0.1) is 0 Å². The molecule has 84 valence electrons. The molecule has 1 aliphatic rings. The monoisotopic (exact) mass is 255 g/mol. The van der Waals surface area contributed by atoms with E-state index in [0.717, 1.165) is 21.4 Å². The summed E-state index contributed by atoms with van der Waals surface area (Å²) in [4.78, 5) is 23.5. The maximum atomic E-state index is 11.6. The van der Waals surface area contributed by atoms with Gasteiger partial charge in [0.15, 0.2) is 0 Å². The summed E-state index contributed by atoms with van der Waals surface area (Å²) in [6, 6.07) is 7.50. The van der Waals surface area contributed by atoms with Gasteiger partial charge < -0.3 is 0 Å². The summed E-state index contributed by atoms with van der Waals surface area (Å²) in [5.74, 6) is -0.608. The van der Waals surface area contributed by atoms with Crippen LogP contribution in [0.5, 0.6) is 0 Å². The fourth-order valence-electron chi connectivity index (χ4n) is 1.76. The number of benzene rings is 1. The Hall–Kier alpha value is -1.00. The molecule has 1 aromatic carbocycles. The third kappa shape index (κ3) is 2.39. The van der Waals surface area contributed by atoms with Crippen LogP contribution in [0.25, 0.3) is 0 Å². The highest BCUT2D eigenvalue weighted by Crippen LogP contribution is 2.28. The van der Waals surface area contributed by atoms with Gasteiger partial charge in [-0.3, -0.25) is 14.9 Å². The van der Waals surface area contributed by atoms with Crippen molar-refractivity contribution in [2.45, 2.75) is 23.7 Å². The molecule has 16 heavy (non-hydrogen) atoms. The van der Waals surface area contributed by atoms with E-state index in [9.17, 15) is 9.59 Å². The Kier molecular flexibility index (Phi) is 3.51. The van der Waals surface area contributed by atoms with Crippen molar-refractivity contribution in [2.24, 2.45) is 0 Å². The Balaban J connectivity index is 2.17. The number of hydrogen-bond acceptors (Lipinski definition) is 3. The molecule has 0 aromatic heterocycles. The highest BCUT2D eigenvalue weighted by molar-refractivity contribution is 8.21. The molecule has 1 aromatic rings. The average molecular weight is 256 g/mol. The van der Waals surface area contributed by atoms with E-state index in [0.29, 0.717) is 12.8 Å². The Morgan fingerprint density at radius 2 is 1.94 bits per heavy atom. The van der Waals surface area contributed by atoms with Crippen molar-refractivity contribution in [2.75, 3.05) is 0 Å². The molecule has 1 fully saturated rings. The summed E-state index contributed by atoms with van der Waals surface area (Å²) in [6.45, 7) is 0. The average Bonchev–Trinajstić information content (AvgIpc) is 2.29. The maximum Gasteiger partial charge on any atom is 0.234 e. The minimum atomic E-state index is -0.216. The molecule has 3 nitrogen and oxygen atoms in total. The number of imide groups is 1. The first-order valence-electron chi connectivity index (χ1n) is 4.93. The van der Waals surface area contributed by atoms with Gasteiger partial charge in [0.25, 0.3) is 0 Å². The summed E-state index contributed by atoms with van der Waals surface area (Å²) in [5, 5.41) is 2.35. The Morgan fingerprint density at radius 3 is 2.50 bits per heavy atom. The van der Waals surface area contributed by atoms with Gasteiger partial charge in [0.05, 0.1) is 5.92 Å². The predicted octanol–water partition coefficient (Wildman–Crippen LogP) is 2.45. The molecule has 1 atom stereocenters. The fourth-order valence-corrected chi connectivity index (χ4v) is 2.31. The van der Waals surface area contributed by atoms with E-state index >= 15 is 0 Å². The van der Waals surface area contributed by atoms with Crippen molar-refractivity contribution in [3.8, 4) is 0 Å². The minimum Gasteiger partial charge on any atom is -0.296 e. The van der Waals surface area contributed by atoms with Crippen molar-refractivity contribution in [1.82, 2.24) is 5.32 Å². The van der Waals surface area contributed by atoms with Crippen molar-refractivity contribution in [3.05, 3.63) is 29.8 Å². The van der Waals surface area contributed by atoms with E-state index < -0.39 is 0 Å². The topological polar surface area (TPSA) is 46.2 Å². The Morgan fingerprint density at radius 1 is 1.25 bits per heavy atom. The van der Waals surface area contributed by atoms with Gasteiger partial charge in [-0.05, 0) is 45.8 Å². The lowest BCUT2D eigenvalue weighted by molar-refractivity contribution is -0.134. The van der Waals surface area contributed by atoms with Crippen LogP contribution in [0.1, 0.15) is 24.3 Å². The lowest BCUT2D eigenvalue weighted by Gasteiger charge is -2.21. The quantitative estimate of drug-likeness (QED) is 0.826. The van der Waals surface area contributed by atoms with Gasteiger partial charge >= 0.3 is 0 Å². The van der Waals surface area contributed by atoms with Crippen LogP contribution in [0.2, 0.25) is 0 Å². The largest absolute Gasteiger partial charge is 0.296 e. The molecule has 1 N–H and O–H groups in total. The van der Waals surface area contributed by atoms with E-state index in [1.54, 1.807) is 0 Å². The van der Waals surface area contributed by atoms with Crippen LogP contribution in [0.3, 0.4) is 0 Å². The Labute approximate surface area is 102 Å². The number of rotatable bonds is 2. The first-order chi connectivity index (χ1) is 7.70. The van der Waals surface area contributed by atoms with Crippen LogP contribution in [0.15, 0.2) is 29.2 Å². The normalized spacial score (nSPS) is 20.7. The van der Waals surface area contributed by atoms with Crippen LogP contribution in [-0.2, 0) is 9.59 Å². The maximum absolute atomic E-state index is 11.6. The molecule has 5 heteroatoms. The molecule has 0 bridgehead atoms. The molecular formula is C11H10ClNO2S.